The zero-order valence-electron chi connectivity index (χ0n) is 12.6. The summed E-state index contributed by atoms with van der Waals surface area (Å²) in [6.07, 6.45) is 3.52. The number of methoxy groups -OCH3 is 2. The Labute approximate surface area is 121 Å². The number of ether oxygens (including phenoxy) is 2. The highest BCUT2D eigenvalue weighted by atomic mass is 16.5. The van der Waals surface area contributed by atoms with Crippen molar-refractivity contribution in [3.63, 3.8) is 0 Å². The first kappa shape index (κ1) is 15.1. The molecule has 1 aromatic carbocycles. The van der Waals surface area contributed by atoms with E-state index in [-0.39, 0.29) is 0 Å². The fraction of sp³-hybridized carbons (Fsp3) is 0.625. The van der Waals surface area contributed by atoms with Gasteiger partial charge in [-0.15, -0.1) is 0 Å². The number of aliphatic hydroxyl groups excluding tert-OH is 1. The summed E-state index contributed by atoms with van der Waals surface area (Å²) in [4.78, 5) is 2.21. The van der Waals surface area contributed by atoms with Crippen LogP contribution in [-0.2, 0) is 0 Å². The Hall–Kier alpha value is -1.26. The van der Waals surface area contributed by atoms with Gasteiger partial charge in [0.15, 0.2) is 11.5 Å². The van der Waals surface area contributed by atoms with Gasteiger partial charge in [-0.25, -0.2) is 0 Å². The van der Waals surface area contributed by atoms with Crippen molar-refractivity contribution in [2.24, 2.45) is 5.92 Å². The van der Waals surface area contributed by atoms with E-state index in [0.717, 1.165) is 18.0 Å². The first-order chi connectivity index (χ1) is 9.63. The van der Waals surface area contributed by atoms with Crippen LogP contribution in [-0.4, -0.2) is 44.4 Å². The van der Waals surface area contributed by atoms with Gasteiger partial charge in [0.2, 0.25) is 0 Å². The lowest BCUT2D eigenvalue weighted by Gasteiger charge is -2.31. The van der Waals surface area contributed by atoms with Crippen LogP contribution in [0, 0.1) is 5.92 Å². The van der Waals surface area contributed by atoms with Gasteiger partial charge < -0.3 is 19.5 Å². The molecule has 2 rings (SSSR count). The average molecular weight is 279 g/mol. The average Bonchev–Trinajstić information content (AvgIpc) is 2.42. The summed E-state index contributed by atoms with van der Waals surface area (Å²) in [5.41, 5.74) is 0.864. The summed E-state index contributed by atoms with van der Waals surface area (Å²) < 4.78 is 10.5. The summed E-state index contributed by atoms with van der Waals surface area (Å²) in [6, 6.07) is 5.58. The molecule has 1 saturated carbocycles. The molecule has 4 heteroatoms. The molecule has 1 fully saturated rings. The van der Waals surface area contributed by atoms with Crippen molar-refractivity contribution in [3.8, 4) is 11.5 Å². The van der Waals surface area contributed by atoms with Gasteiger partial charge in [0.05, 0.1) is 20.3 Å². The van der Waals surface area contributed by atoms with E-state index in [1.54, 1.807) is 14.2 Å². The van der Waals surface area contributed by atoms with Crippen molar-refractivity contribution in [1.82, 2.24) is 4.90 Å². The molecule has 1 unspecified atom stereocenters. The molecule has 20 heavy (non-hydrogen) atoms. The summed E-state index contributed by atoms with van der Waals surface area (Å²) in [5.74, 6) is 2.16. The molecule has 0 radical (unpaired) electrons. The third kappa shape index (κ3) is 3.64. The molecule has 112 valence electrons. The molecule has 1 N–H and O–H groups in total. The highest BCUT2D eigenvalue weighted by molar-refractivity contribution is 5.43. The third-order valence-corrected chi connectivity index (χ3v) is 4.07. The second-order valence-corrected chi connectivity index (χ2v) is 5.65. The predicted molar refractivity (Wildman–Crippen MR) is 79.3 cm³/mol. The minimum Gasteiger partial charge on any atom is -0.493 e. The lowest BCUT2D eigenvalue weighted by Crippen LogP contribution is -2.32. The lowest BCUT2D eigenvalue weighted by molar-refractivity contribution is 0.106. The van der Waals surface area contributed by atoms with Gasteiger partial charge in [-0.05, 0) is 43.5 Å². The molecule has 4 nitrogen and oxygen atoms in total. The van der Waals surface area contributed by atoms with Gasteiger partial charge in [0.25, 0.3) is 0 Å². The Balaban J connectivity index is 1.95. The van der Waals surface area contributed by atoms with Crippen LogP contribution < -0.4 is 9.47 Å². The Morgan fingerprint density at radius 3 is 2.50 bits per heavy atom. The van der Waals surface area contributed by atoms with E-state index in [2.05, 4.69) is 11.9 Å². The van der Waals surface area contributed by atoms with Gasteiger partial charge >= 0.3 is 0 Å². The molecule has 1 aromatic rings. The van der Waals surface area contributed by atoms with Crippen molar-refractivity contribution >= 4 is 0 Å². The number of hydrogen-bond donors (Lipinski definition) is 1. The van der Waals surface area contributed by atoms with Gasteiger partial charge in [0.1, 0.15) is 0 Å². The van der Waals surface area contributed by atoms with Crippen molar-refractivity contribution in [3.05, 3.63) is 23.8 Å². The van der Waals surface area contributed by atoms with Gasteiger partial charge in [0, 0.05) is 13.1 Å². The summed E-state index contributed by atoms with van der Waals surface area (Å²) in [7, 11) is 5.29. The maximum Gasteiger partial charge on any atom is 0.161 e. The van der Waals surface area contributed by atoms with Crippen LogP contribution in [0.4, 0.5) is 0 Å². The highest BCUT2D eigenvalue weighted by Crippen LogP contribution is 2.31. The molecular formula is C16H25NO3. The lowest BCUT2D eigenvalue weighted by atomic mass is 9.85. The molecule has 0 amide bonds. The van der Waals surface area contributed by atoms with E-state index in [0.29, 0.717) is 18.0 Å². The second-order valence-electron chi connectivity index (χ2n) is 5.65. The van der Waals surface area contributed by atoms with Gasteiger partial charge in [-0.1, -0.05) is 12.5 Å². The molecule has 1 aliphatic rings. The topological polar surface area (TPSA) is 41.9 Å². The van der Waals surface area contributed by atoms with Crippen molar-refractivity contribution in [2.75, 3.05) is 34.4 Å². The molecule has 1 aliphatic carbocycles. The Bertz CT molecular complexity index is 432. The van der Waals surface area contributed by atoms with E-state index in [4.69, 9.17) is 9.47 Å². The van der Waals surface area contributed by atoms with E-state index in [1.807, 2.05) is 18.2 Å². The number of benzene rings is 1. The minimum absolute atomic E-state index is 0.500. The normalized spacial score (nSPS) is 16.9. The number of likely N-dealkylation sites (N-methyl/N-ethyl adjacent to an activating group) is 1. The van der Waals surface area contributed by atoms with E-state index in [1.165, 1.54) is 19.3 Å². The van der Waals surface area contributed by atoms with Gasteiger partial charge in [-0.3, -0.25) is 0 Å². The highest BCUT2D eigenvalue weighted by Gasteiger charge is 2.21. The van der Waals surface area contributed by atoms with Crippen LogP contribution in [0.3, 0.4) is 0 Å². The van der Waals surface area contributed by atoms with Crippen LogP contribution in [0.25, 0.3) is 0 Å². The maximum absolute atomic E-state index is 10.3. The molecule has 0 aliphatic heterocycles. The SMILES string of the molecule is COc1ccc(C(O)CN(C)CC2CCC2)cc1OC. The summed E-state index contributed by atoms with van der Waals surface area (Å²) >= 11 is 0. The number of nitrogens with zero attached hydrogens (tertiary/aromatic N) is 1. The van der Waals surface area contributed by atoms with E-state index >= 15 is 0 Å². The molecule has 1 atom stereocenters. The summed E-state index contributed by atoms with van der Waals surface area (Å²) in [5, 5.41) is 10.3. The number of rotatable bonds is 7. The van der Waals surface area contributed by atoms with Crippen LogP contribution in [0.15, 0.2) is 18.2 Å². The largest absolute Gasteiger partial charge is 0.493 e. The molecule has 0 spiro atoms. The van der Waals surface area contributed by atoms with E-state index < -0.39 is 6.10 Å². The van der Waals surface area contributed by atoms with Crippen LogP contribution in [0.2, 0.25) is 0 Å². The number of aliphatic hydroxyl groups is 1. The fourth-order valence-corrected chi connectivity index (χ4v) is 2.65. The fourth-order valence-electron chi connectivity index (χ4n) is 2.65. The summed E-state index contributed by atoms with van der Waals surface area (Å²) in [6.45, 7) is 1.72. The smallest absolute Gasteiger partial charge is 0.161 e. The van der Waals surface area contributed by atoms with Crippen LogP contribution >= 0.6 is 0 Å². The molecular weight excluding hydrogens is 254 g/mol. The first-order valence-electron chi connectivity index (χ1n) is 7.22. The number of hydrogen-bond acceptors (Lipinski definition) is 4. The van der Waals surface area contributed by atoms with Crippen molar-refractivity contribution in [2.45, 2.75) is 25.4 Å². The quantitative estimate of drug-likeness (QED) is 0.832. The zero-order valence-corrected chi connectivity index (χ0v) is 12.6. The molecule has 0 aromatic heterocycles. The first-order valence-corrected chi connectivity index (χ1v) is 7.22. The molecule has 0 saturated heterocycles. The van der Waals surface area contributed by atoms with Crippen LogP contribution in [0.1, 0.15) is 30.9 Å². The maximum atomic E-state index is 10.3. The van der Waals surface area contributed by atoms with Crippen molar-refractivity contribution in [1.29, 1.82) is 0 Å². The molecule has 0 bridgehead atoms. The monoisotopic (exact) mass is 279 g/mol. The van der Waals surface area contributed by atoms with E-state index in [9.17, 15) is 5.11 Å². The third-order valence-electron chi connectivity index (χ3n) is 4.07. The molecule has 0 heterocycles. The Morgan fingerprint density at radius 1 is 1.25 bits per heavy atom. The zero-order chi connectivity index (χ0) is 14.5. The standard InChI is InChI=1S/C16H25NO3/c1-17(10-12-5-4-6-12)11-14(18)13-7-8-15(19-2)16(9-13)20-3/h7-9,12,14,18H,4-6,10-11H2,1-3H3. The van der Waals surface area contributed by atoms with Gasteiger partial charge in [-0.2, -0.15) is 0 Å². The van der Waals surface area contributed by atoms with Crippen LogP contribution in [0.5, 0.6) is 11.5 Å². The predicted octanol–water partition coefficient (Wildman–Crippen LogP) is 2.47. The minimum atomic E-state index is -0.500. The second kappa shape index (κ2) is 6.95. The Kier molecular flexibility index (Phi) is 5.26. The van der Waals surface area contributed by atoms with Crippen molar-refractivity contribution < 1.29 is 14.6 Å². The Morgan fingerprint density at radius 2 is 1.95 bits per heavy atom.